The Bertz CT molecular complexity index is 864. The minimum absolute atomic E-state index is 0.192. The minimum atomic E-state index is -1.64. The number of ether oxygens (including phenoxy) is 4. The molecule has 0 amide bonds. The van der Waals surface area contributed by atoms with Crippen molar-refractivity contribution in [3.63, 3.8) is 0 Å². The number of aliphatic hydroxyl groups excluding tert-OH is 4. The molecule has 1 aromatic heterocycles. The lowest BCUT2D eigenvalue weighted by Gasteiger charge is -2.39. The molecule has 0 radical (unpaired) electrons. The van der Waals surface area contributed by atoms with Gasteiger partial charge in [-0.1, -0.05) is 18.2 Å². The van der Waals surface area contributed by atoms with E-state index in [0.29, 0.717) is 18.9 Å². The number of unbranched alkanes of at least 4 members (excludes halogenated alkanes) is 2. The summed E-state index contributed by atoms with van der Waals surface area (Å²) in [5, 5.41) is 39.6. The summed E-state index contributed by atoms with van der Waals surface area (Å²) in [4.78, 5) is 16.3. The molecule has 1 fully saturated rings. The van der Waals surface area contributed by atoms with Crippen LogP contribution in [0.1, 0.15) is 19.3 Å². The van der Waals surface area contributed by atoms with Crippen molar-refractivity contribution in [3.8, 4) is 5.88 Å². The molecule has 0 bridgehead atoms. The Labute approximate surface area is 185 Å². The number of hydrogen-bond acceptors (Lipinski definition) is 10. The van der Waals surface area contributed by atoms with Crippen LogP contribution in [-0.2, 0) is 19.0 Å². The molecule has 0 aliphatic carbocycles. The van der Waals surface area contributed by atoms with Crippen LogP contribution in [0.25, 0.3) is 10.9 Å². The van der Waals surface area contributed by atoms with E-state index in [-0.39, 0.29) is 6.61 Å². The predicted molar refractivity (Wildman–Crippen MR) is 112 cm³/mol. The van der Waals surface area contributed by atoms with Crippen LogP contribution in [-0.4, -0.2) is 88.5 Å². The molecule has 10 nitrogen and oxygen atoms in total. The molecule has 1 aromatic carbocycles. The first-order valence-corrected chi connectivity index (χ1v) is 10.6. The van der Waals surface area contributed by atoms with Crippen LogP contribution in [0.4, 0.5) is 0 Å². The zero-order chi connectivity index (χ0) is 22.9. The van der Waals surface area contributed by atoms with Gasteiger partial charge in [-0.15, -0.1) is 0 Å². The highest BCUT2D eigenvalue weighted by molar-refractivity contribution is 5.78. The van der Waals surface area contributed by atoms with Crippen molar-refractivity contribution in [2.24, 2.45) is 0 Å². The molecular weight excluding hydrogens is 422 g/mol. The Balaban J connectivity index is 1.27. The summed E-state index contributed by atoms with van der Waals surface area (Å²) in [6, 6.07) is 11.6. The third kappa shape index (κ3) is 6.58. The molecule has 2 heterocycles. The van der Waals surface area contributed by atoms with E-state index in [1.165, 1.54) is 0 Å². The number of fused-ring (bicyclic) bond motifs is 1. The Morgan fingerprint density at radius 3 is 2.59 bits per heavy atom. The van der Waals surface area contributed by atoms with Gasteiger partial charge in [0.2, 0.25) is 5.88 Å². The average Bonchev–Trinajstić information content (AvgIpc) is 2.80. The van der Waals surface area contributed by atoms with Gasteiger partial charge in [0.25, 0.3) is 0 Å². The number of carbonyl (C=O) groups excluding carboxylic acids is 1. The fraction of sp³-hybridized carbons (Fsp3) is 0.545. The molecule has 1 saturated heterocycles. The first-order chi connectivity index (χ1) is 15.5. The van der Waals surface area contributed by atoms with Gasteiger partial charge in [0.15, 0.2) is 6.29 Å². The lowest BCUT2D eigenvalue weighted by atomic mass is 9.99. The number of para-hydroxylation sites is 1. The van der Waals surface area contributed by atoms with Gasteiger partial charge in [0, 0.05) is 11.5 Å². The largest absolute Gasteiger partial charge is 0.478 e. The van der Waals surface area contributed by atoms with E-state index in [2.05, 4.69) is 4.98 Å². The summed E-state index contributed by atoms with van der Waals surface area (Å²) in [5.74, 6) is -0.0964. The van der Waals surface area contributed by atoms with Crippen LogP contribution in [0.15, 0.2) is 36.4 Å². The third-order valence-electron chi connectivity index (χ3n) is 5.11. The summed E-state index contributed by atoms with van der Waals surface area (Å²) in [6.45, 7) is -0.399. The molecule has 3 rings (SSSR count). The topological polar surface area (TPSA) is 148 Å². The Kier molecular flexibility index (Phi) is 9.15. The monoisotopic (exact) mass is 451 g/mol. The predicted octanol–water partition coefficient (Wildman–Crippen LogP) is 0.144. The third-order valence-corrected chi connectivity index (χ3v) is 5.11. The number of benzene rings is 1. The smallest absolute Gasteiger partial charge is 0.332 e. The fourth-order valence-electron chi connectivity index (χ4n) is 3.34. The molecule has 5 atom stereocenters. The standard InChI is InChI=1S/C22H29NO9/c24-12-16-19(26)21(20(27)22(28)32-16)31-13-18(25)30-11-5-1-4-10-29-17-9-8-14-6-2-3-7-15(14)23-17/h2-3,6-9,16,19-22,24,26-28H,1,4-5,10-13H2/t16-,19-,20-,21+,22?/m1/s1. The zero-order valence-corrected chi connectivity index (χ0v) is 17.6. The molecule has 1 aliphatic heterocycles. The van der Waals surface area contributed by atoms with Crippen molar-refractivity contribution in [3.05, 3.63) is 36.4 Å². The Hall–Kier alpha value is -2.34. The van der Waals surface area contributed by atoms with Crippen molar-refractivity contribution in [1.29, 1.82) is 0 Å². The lowest BCUT2D eigenvalue weighted by Crippen LogP contribution is -2.59. The molecule has 4 N–H and O–H groups in total. The molecule has 1 aliphatic rings. The van der Waals surface area contributed by atoms with Crippen molar-refractivity contribution < 1.29 is 44.2 Å². The number of rotatable bonds is 11. The normalized spacial score (nSPS) is 25.6. The molecular formula is C22H29NO9. The summed E-state index contributed by atoms with van der Waals surface area (Å²) >= 11 is 0. The van der Waals surface area contributed by atoms with Crippen LogP contribution in [0.3, 0.4) is 0 Å². The molecule has 0 spiro atoms. The maximum absolute atomic E-state index is 11.8. The number of aliphatic hydroxyl groups is 4. The summed E-state index contributed by atoms with van der Waals surface area (Å²) in [6.07, 6.45) is -4.82. The van der Waals surface area contributed by atoms with E-state index in [9.17, 15) is 20.1 Å². The summed E-state index contributed by atoms with van der Waals surface area (Å²) < 4.78 is 20.8. The second-order valence-corrected chi connectivity index (χ2v) is 7.48. The van der Waals surface area contributed by atoms with Gasteiger partial charge >= 0.3 is 5.97 Å². The van der Waals surface area contributed by atoms with E-state index in [1.807, 2.05) is 36.4 Å². The van der Waals surface area contributed by atoms with Gasteiger partial charge < -0.3 is 39.4 Å². The molecule has 10 heteroatoms. The van der Waals surface area contributed by atoms with Gasteiger partial charge in [0.1, 0.15) is 31.0 Å². The van der Waals surface area contributed by atoms with Crippen LogP contribution in [0.5, 0.6) is 5.88 Å². The quantitative estimate of drug-likeness (QED) is 0.275. The van der Waals surface area contributed by atoms with E-state index in [4.69, 9.17) is 24.1 Å². The van der Waals surface area contributed by atoms with Crippen molar-refractivity contribution >= 4 is 16.9 Å². The minimum Gasteiger partial charge on any atom is -0.478 e. The van der Waals surface area contributed by atoms with E-state index < -0.39 is 49.9 Å². The van der Waals surface area contributed by atoms with E-state index >= 15 is 0 Å². The second-order valence-electron chi connectivity index (χ2n) is 7.48. The first-order valence-electron chi connectivity index (χ1n) is 10.6. The highest BCUT2D eigenvalue weighted by atomic mass is 16.6. The summed E-state index contributed by atoms with van der Waals surface area (Å²) in [7, 11) is 0. The second kappa shape index (κ2) is 12.0. The number of pyridine rings is 1. The first kappa shape index (κ1) is 24.3. The maximum Gasteiger partial charge on any atom is 0.332 e. The number of hydrogen-bond donors (Lipinski definition) is 4. The van der Waals surface area contributed by atoms with E-state index in [1.54, 1.807) is 0 Å². The fourth-order valence-corrected chi connectivity index (χ4v) is 3.34. The average molecular weight is 451 g/mol. The maximum atomic E-state index is 11.8. The molecule has 0 saturated carbocycles. The Morgan fingerprint density at radius 2 is 1.78 bits per heavy atom. The van der Waals surface area contributed by atoms with E-state index in [0.717, 1.165) is 23.7 Å². The van der Waals surface area contributed by atoms with Crippen molar-refractivity contribution in [2.75, 3.05) is 26.4 Å². The van der Waals surface area contributed by atoms with Crippen LogP contribution < -0.4 is 4.74 Å². The highest BCUT2D eigenvalue weighted by Gasteiger charge is 2.44. The van der Waals surface area contributed by atoms with Gasteiger partial charge in [-0.3, -0.25) is 0 Å². The van der Waals surface area contributed by atoms with Crippen LogP contribution in [0, 0.1) is 0 Å². The van der Waals surface area contributed by atoms with Gasteiger partial charge in [0.05, 0.1) is 25.3 Å². The SMILES string of the molecule is O=C(CO[C@H]1[C@H](O)[C@@H](CO)OC(O)[C@@H]1O)OCCCCCOc1ccc2ccccc2n1. The van der Waals surface area contributed by atoms with Gasteiger partial charge in [-0.25, -0.2) is 9.78 Å². The Morgan fingerprint density at radius 1 is 1.00 bits per heavy atom. The number of nitrogens with zero attached hydrogens (tertiary/aromatic N) is 1. The molecule has 2 aromatic rings. The summed E-state index contributed by atoms with van der Waals surface area (Å²) in [5.41, 5.74) is 0.876. The number of esters is 1. The number of aromatic nitrogens is 1. The molecule has 176 valence electrons. The van der Waals surface area contributed by atoms with Crippen LogP contribution >= 0.6 is 0 Å². The lowest BCUT2D eigenvalue weighted by molar-refractivity contribution is -0.294. The van der Waals surface area contributed by atoms with Gasteiger partial charge in [-0.2, -0.15) is 0 Å². The van der Waals surface area contributed by atoms with Gasteiger partial charge in [-0.05, 0) is 31.4 Å². The number of carbonyl (C=O) groups is 1. The van der Waals surface area contributed by atoms with Crippen molar-refractivity contribution in [1.82, 2.24) is 4.98 Å². The van der Waals surface area contributed by atoms with Crippen molar-refractivity contribution in [2.45, 2.75) is 50.0 Å². The zero-order valence-electron chi connectivity index (χ0n) is 17.6. The molecule has 32 heavy (non-hydrogen) atoms. The highest BCUT2D eigenvalue weighted by Crippen LogP contribution is 2.22. The van der Waals surface area contributed by atoms with Crippen LogP contribution in [0.2, 0.25) is 0 Å². The molecule has 1 unspecified atom stereocenters.